The molecule has 2 aliphatic rings. The quantitative estimate of drug-likeness (QED) is 0.924. The smallest absolute Gasteiger partial charge is 0.410 e. The summed E-state index contributed by atoms with van der Waals surface area (Å²) in [6.45, 7) is 7.09. The summed E-state index contributed by atoms with van der Waals surface area (Å²) in [5.41, 5.74) is 0.758. The summed E-state index contributed by atoms with van der Waals surface area (Å²) in [5.74, 6) is 0. The van der Waals surface area contributed by atoms with Crippen LogP contribution in [0, 0.1) is 0 Å². The van der Waals surface area contributed by atoms with Gasteiger partial charge in [0, 0.05) is 25.2 Å². The Balaban J connectivity index is 1.75. The summed E-state index contributed by atoms with van der Waals surface area (Å²) in [4.78, 5) is 16.7. The maximum atomic E-state index is 12.5. The molecule has 0 spiro atoms. The number of likely N-dealkylation sites (tertiary alicyclic amines) is 1. The van der Waals surface area contributed by atoms with Gasteiger partial charge < -0.3 is 9.84 Å². The molecule has 1 N–H and O–H groups in total. The van der Waals surface area contributed by atoms with Crippen molar-refractivity contribution in [1.29, 1.82) is 0 Å². The molecule has 24 heavy (non-hydrogen) atoms. The first kappa shape index (κ1) is 17.2. The van der Waals surface area contributed by atoms with Gasteiger partial charge in [-0.25, -0.2) is 4.79 Å². The van der Waals surface area contributed by atoms with Crippen molar-refractivity contribution in [3.05, 3.63) is 35.9 Å². The summed E-state index contributed by atoms with van der Waals surface area (Å²) in [5, 5.41) is 9.94. The zero-order valence-electron chi connectivity index (χ0n) is 14.8. The molecule has 2 fully saturated rings. The van der Waals surface area contributed by atoms with E-state index in [1.165, 1.54) is 5.56 Å². The third-order valence-electron chi connectivity index (χ3n) is 4.97. The molecule has 5 nitrogen and oxygen atoms in total. The van der Waals surface area contributed by atoms with Crippen molar-refractivity contribution in [2.24, 2.45) is 0 Å². The van der Waals surface area contributed by atoms with Crippen LogP contribution in [0.15, 0.2) is 30.3 Å². The highest BCUT2D eigenvalue weighted by Crippen LogP contribution is 2.36. The van der Waals surface area contributed by atoms with Crippen molar-refractivity contribution in [3.8, 4) is 0 Å². The number of hydrogen-bond donors (Lipinski definition) is 1. The monoisotopic (exact) mass is 332 g/mol. The number of rotatable bonds is 3. The minimum atomic E-state index is -0.517. The first-order chi connectivity index (χ1) is 11.4. The predicted molar refractivity (Wildman–Crippen MR) is 92.6 cm³/mol. The van der Waals surface area contributed by atoms with E-state index < -0.39 is 5.60 Å². The van der Waals surface area contributed by atoms with Crippen molar-refractivity contribution >= 4 is 6.09 Å². The summed E-state index contributed by atoms with van der Waals surface area (Å²) in [6, 6.07) is 10.7. The fourth-order valence-corrected chi connectivity index (χ4v) is 3.94. The second kappa shape index (κ2) is 6.73. The number of carbonyl (C=O) groups is 1. The van der Waals surface area contributed by atoms with Gasteiger partial charge in [-0.3, -0.25) is 9.80 Å². The van der Waals surface area contributed by atoms with Gasteiger partial charge in [0.15, 0.2) is 0 Å². The molecule has 2 saturated heterocycles. The SMILES string of the molecule is CC(C)(C)OC(=O)N1C[C@@H]2CC[C@H]([C@H]1CO)N2Cc1ccccc1. The summed E-state index contributed by atoms with van der Waals surface area (Å²) >= 11 is 0. The highest BCUT2D eigenvalue weighted by Gasteiger charge is 2.48. The highest BCUT2D eigenvalue weighted by atomic mass is 16.6. The standard InChI is InChI=1S/C19H28N2O3/c1-19(2,3)24-18(23)21-12-15-9-10-16(17(21)13-22)20(15)11-14-7-5-4-6-8-14/h4-8,15-17,22H,9-13H2,1-3H3/t15-,16+,17+/m0/s1. The Morgan fingerprint density at radius 3 is 2.58 bits per heavy atom. The molecule has 2 aliphatic heterocycles. The Morgan fingerprint density at radius 2 is 1.96 bits per heavy atom. The van der Waals surface area contributed by atoms with Gasteiger partial charge in [0.25, 0.3) is 0 Å². The van der Waals surface area contributed by atoms with Crippen molar-refractivity contribution in [1.82, 2.24) is 9.80 Å². The minimum absolute atomic E-state index is 0.0259. The number of ether oxygens (including phenoxy) is 1. The second-order valence-corrected chi connectivity index (χ2v) is 7.84. The van der Waals surface area contributed by atoms with E-state index in [1.54, 1.807) is 4.90 Å². The lowest BCUT2D eigenvalue weighted by molar-refractivity contribution is -0.0365. The summed E-state index contributed by atoms with van der Waals surface area (Å²) < 4.78 is 5.54. The van der Waals surface area contributed by atoms with Crippen LogP contribution in [0.1, 0.15) is 39.2 Å². The molecule has 132 valence electrons. The molecule has 2 bridgehead atoms. The van der Waals surface area contributed by atoms with Crippen molar-refractivity contribution in [3.63, 3.8) is 0 Å². The molecule has 3 atom stereocenters. The van der Waals surface area contributed by atoms with Crippen LogP contribution in [0.5, 0.6) is 0 Å². The maximum Gasteiger partial charge on any atom is 0.410 e. The topological polar surface area (TPSA) is 53.0 Å². The molecule has 5 heteroatoms. The van der Waals surface area contributed by atoms with Gasteiger partial charge in [-0.15, -0.1) is 0 Å². The van der Waals surface area contributed by atoms with E-state index in [0.29, 0.717) is 12.6 Å². The van der Waals surface area contributed by atoms with Gasteiger partial charge in [0.1, 0.15) is 5.60 Å². The Labute approximate surface area is 144 Å². The van der Waals surface area contributed by atoms with E-state index in [0.717, 1.165) is 19.4 Å². The van der Waals surface area contributed by atoms with Crippen LogP contribution in [0.4, 0.5) is 4.79 Å². The molecule has 1 aromatic rings. The van der Waals surface area contributed by atoms with Crippen molar-refractivity contribution in [2.45, 2.75) is 63.9 Å². The van der Waals surface area contributed by atoms with E-state index >= 15 is 0 Å². The Kier molecular flexibility index (Phi) is 4.83. The van der Waals surface area contributed by atoms with Gasteiger partial charge >= 0.3 is 6.09 Å². The summed E-state index contributed by atoms with van der Waals surface area (Å²) in [7, 11) is 0. The van der Waals surface area contributed by atoms with Crippen LogP contribution in [0.25, 0.3) is 0 Å². The number of aliphatic hydroxyl groups is 1. The lowest BCUT2D eigenvalue weighted by atomic mass is 10.0. The van der Waals surface area contributed by atoms with Gasteiger partial charge in [-0.2, -0.15) is 0 Å². The van der Waals surface area contributed by atoms with Gasteiger partial charge in [0.05, 0.1) is 12.6 Å². The number of piperazine rings is 1. The van der Waals surface area contributed by atoms with E-state index in [-0.39, 0.29) is 24.8 Å². The Hall–Kier alpha value is -1.59. The van der Waals surface area contributed by atoms with Crippen molar-refractivity contribution < 1.29 is 14.6 Å². The molecule has 1 amide bonds. The van der Waals surface area contributed by atoms with Crippen LogP contribution in [-0.2, 0) is 11.3 Å². The molecular weight excluding hydrogens is 304 g/mol. The zero-order chi connectivity index (χ0) is 17.3. The number of benzene rings is 1. The van der Waals surface area contributed by atoms with E-state index in [4.69, 9.17) is 4.74 Å². The van der Waals surface area contributed by atoms with Crippen molar-refractivity contribution in [2.75, 3.05) is 13.2 Å². The van der Waals surface area contributed by atoms with E-state index in [1.807, 2.05) is 26.8 Å². The molecule has 0 aromatic heterocycles. The van der Waals surface area contributed by atoms with Gasteiger partial charge in [-0.05, 0) is 39.2 Å². The number of hydrogen-bond acceptors (Lipinski definition) is 4. The average molecular weight is 332 g/mol. The molecule has 1 aromatic carbocycles. The normalized spacial score (nSPS) is 27.3. The third-order valence-corrected chi connectivity index (χ3v) is 4.97. The predicted octanol–water partition coefficient (Wildman–Crippen LogP) is 2.63. The van der Waals surface area contributed by atoms with Crippen LogP contribution in [0.3, 0.4) is 0 Å². The average Bonchev–Trinajstić information content (AvgIpc) is 2.79. The molecular formula is C19H28N2O3. The molecule has 0 unspecified atom stereocenters. The number of aliphatic hydroxyl groups excluding tert-OH is 1. The lowest BCUT2D eigenvalue weighted by Crippen LogP contribution is -2.62. The molecule has 0 saturated carbocycles. The number of fused-ring (bicyclic) bond motifs is 2. The van der Waals surface area contributed by atoms with Crippen LogP contribution in [-0.4, -0.2) is 57.9 Å². The fourth-order valence-electron chi connectivity index (χ4n) is 3.94. The number of amides is 1. The van der Waals surface area contributed by atoms with Crippen LogP contribution >= 0.6 is 0 Å². The van der Waals surface area contributed by atoms with E-state index in [2.05, 4.69) is 29.2 Å². The Morgan fingerprint density at radius 1 is 1.25 bits per heavy atom. The molecule has 0 radical (unpaired) electrons. The van der Waals surface area contributed by atoms with Crippen LogP contribution < -0.4 is 0 Å². The first-order valence-corrected chi connectivity index (χ1v) is 8.79. The largest absolute Gasteiger partial charge is 0.444 e. The molecule has 2 heterocycles. The molecule has 0 aliphatic carbocycles. The number of carbonyl (C=O) groups excluding carboxylic acids is 1. The van der Waals surface area contributed by atoms with Gasteiger partial charge in [0.2, 0.25) is 0 Å². The van der Waals surface area contributed by atoms with Gasteiger partial charge in [-0.1, -0.05) is 30.3 Å². The fraction of sp³-hybridized carbons (Fsp3) is 0.632. The number of nitrogens with zero attached hydrogens (tertiary/aromatic N) is 2. The van der Waals surface area contributed by atoms with Crippen LogP contribution in [0.2, 0.25) is 0 Å². The van der Waals surface area contributed by atoms with E-state index in [9.17, 15) is 9.90 Å². The lowest BCUT2D eigenvalue weighted by Gasteiger charge is -2.46. The third kappa shape index (κ3) is 3.57. The first-order valence-electron chi connectivity index (χ1n) is 8.79. The second-order valence-electron chi connectivity index (χ2n) is 7.84. The highest BCUT2D eigenvalue weighted by molar-refractivity contribution is 5.69. The zero-order valence-corrected chi connectivity index (χ0v) is 14.8. The summed E-state index contributed by atoms with van der Waals surface area (Å²) in [6.07, 6.45) is 1.77. The minimum Gasteiger partial charge on any atom is -0.444 e. The molecule has 3 rings (SSSR count). The maximum absolute atomic E-state index is 12.5. The Bertz CT molecular complexity index is 570.